The van der Waals surface area contributed by atoms with Gasteiger partial charge in [-0.25, -0.2) is 0 Å². The van der Waals surface area contributed by atoms with Crippen LogP contribution in [0.3, 0.4) is 0 Å². The molecule has 110 valence electrons. The van der Waals surface area contributed by atoms with Crippen molar-refractivity contribution in [3.05, 3.63) is 34.9 Å². The van der Waals surface area contributed by atoms with E-state index in [-0.39, 0.29) is 0 Å². The van der Waals surface area contributed by atoms with Gasteiger partial charge < -0.3 is 10.1 Å². The van der Waals surface area contributed by atoms with Crippen molar-refractivity contribution in [3.8, 4) is 0 Å². The summed E-state index contributed by atoms with van der Waals surface area (Å²) < 4.78 is 5.91. The zero-order valence-corrected chi connectivity index (χ0v) is 13.1. The first-order valence-electron chi connectivity index (χ1n) is 7.79. The van der Waals surface area contributed by atoms with E-state index < -0.39 is 0 Å². The van der Waals surface area contributed by atoms with Crippen LogP contribution in [0.25, 0.3) is 0 Å². The van der Waals surface area contributed by atoms with Gasteiger partial charge in [-0.3, -0.25) is 0 Å². The molecule has 3 heteroatoms. The predicted octanol–water partition coefficient (Wildman–Crippen LogP) is 4.34. The molecule has 2 unspecified atom stereocenters. The average molecular weight is 294 g/mol. The number of benzene rings is 1. The van der Waals surface area contributed by atoms with Gasteiger partial charge in [0.2, 0.25) is 0 Å². The summed E-state index contributed by atoms with van der Waals surface area (Å²) in [6.45, 7) is 5.16. The fourth-order valence-corrected chi connectivity index (χ4v) is 4.04. The molecule has 0 saturated heterocycles. The number of hydrogen-bond donors (Lipinski definition) is 1. The van der Waals surface area contributed by atoms with Gasteiger partial charge in [0.15, 0.2) is 0 Å². The maximum Gasteiger partial charge on any atom is 0.0661 e. The van der Waals surface area contributed by atoms with Gasteiger partial charge in [0.25, 0.3) is 0 Å². The molecule has 1 aromatic rings. The average Bonchev–Trinajstić information content (AvgIpc) is 2.35. The molecule has 3 atom stereocenters. The van der Waals surface area contributed by atoms with Gasteiger partial charge in [-0.1, -0.05) is 30.2 Å². The van der Waals surface area contributed by atoms with Gasteiger partial charge in [0.1, 0.15) is 0 Å². The summed E-state index contributed by atoms with van der Waals surface area (Å²) in [5.74, 6) is 0. The topological polar surface area (TPSA) is 21.3 Å². The highest BCUT2D eigenvalue weighted by Crippen LogP contribution is 2.57. The van der Waals surface area contributed by atoms with E-state index in [9.17, 15) is 0 Å². The van der Waals surface area contributed by atoms with Crippen LogP contribution in [0.2, 0.25) is 5.02 Å². The van der Waals surface area contributed by atoms with Crippen molar-refractivity contribution >= 4 is 11.6 Å². The van der Waals surface area contributed by atoms with E-state index in [0.717, 1.165) is 18.1 Å². The molecular formula is C17H24ClNO. The van der Waals surface area contributed by atoms with Crippen molar-refractivity contribution in [3.63, 3.8) is 0 Å². The zero-order chi connectivity index (χ0) is 14.2. The third-order valence-corrected chi connectivity index (χ3v) is 5.47. The minimum Gasteiger partial charge on any atom is -0.378 e. The molecule has 3 rings (SSSR count). The fraction of sp³-hybridized carbons (Fsp3) is 0.647. The van der Waals surface area contributed by atoms with Crippen LogP contribution in [0, 0.1) is 5.41 Å². The Labute approximate surface area is 126 Å². The lowest BCUT2D eigenvalue weighted by molar-refractivity contribution is -0.174. The molecule has 2 saturated carbocycles. The highest BCUT2D eigenvalue weighted by molar-refractivity contribution is 6.30. The van der Waals surface area contributed by atoms with Gasteiger partial charge in [-0.15, -0.1) is 0 Å². The van der Waals surface area contributed by atoms with E-state index in [1.165, 1.54) is 24.8 Å². The summed E-state index contributed by atoms with van der Waals surface area (Å²) in [5.41, 5.74) is 1.69. The standard InChI is InChI=1S/C17H24ClNO/c1-3-20-16-11-15(17(16)8-5-9-17)19-12(2)13-6-4-7-14(18)10-13/h4,6-7,10,12,15-16,19H,3,5,8-9,11H2,1-2H3/t12-,15?,16?/m1/s1. The third kappa shape index (κ3) is 2.38. The van der Waals surface area contributed by atoms with E-state index in [0.29, 0.717) is 23.6 Å². The van der Waals surface area contributed by atoms with Crippen LogP contribution in [0.1, 0.15) is 51.1 Å². The minimum absolute atomic E-state index is 0.346. The fourth-order valence-electron chi connectivity index (χ4n) is 3.85. The summed E-state index contributed by atoms with van der Waals surface area (Å²) in [5, 5.41) is 4.62. The van der Waals surface area contributed by atoms with Crippen LogP contribution in [0.15, 0.2) is 24.3 Å². The molecule has 20 heavy (non-hydrogen) atoms. The minimum atomic E-state index is 0.346. The molecule has 1 spiro atoms. The van der Waals surface area contributed by atoms with Gasteiger partial charge >= 0.3 is 0 Å². The van der Waals surface area contributed by atoms with Crippen molar-refractivity contribution < 1.29 is 4.74 Å². The molecule has 0 amide bonds. The second-order valence-electron chi connectivity index (χ2n) is 6.26. The second-order valence-corrected chi connectivity index (χ2v) is 6.70. The Morgan fingerprint density at radius 2 is 2.25 bits per heavy atom. The normalized spacial score (nSPS) is 28.8. The van der Waals surface area contributed by atoms with Crippen molar-refractivity contribution in [2.75, 3.05) is 6.61 Å². The van der Waals surface area contributed by atoms with Gasteiger partial charge in [0.05, 0.1) is 6.10 Å². The molecule has 0 aliphatic heterocycles. The maximum absolute atomic E-state index is 6.08. The number of ether oxygens (including phenoxy) is 1. The van der Waals surface area contributed by atoms with Crippen molar-refractivity contribution in [2.45, 2.75) is 57.7 Å². The molecule has 1 aromatic carbocycles. The quantitative estimate of drug-likeness (QED) is 0.872. The summed E-state index contributed by atoms with van der Waals surface area (Å²) in [7, 11) is 0. The van der Waals surface area contributed by atoms with Crippen molar-refractivity contribution in [1.82, 2.24) is 5.32 Å². The number of halogens is 1. The third-order valence-electron chi connectivity index (χ3n) is 5.24. The Morgan fingerprint density at radius 3 is 2.85 bits per heavy atom. The first-order chi connectivity index (χ1) is 9.65. The zero-order valence-electron chi connectivity index (χ0n) is 12.4. The van der Waals surface area contributed by atoms with Gasteiger partial charge in [-0.2, -0.15) is 0 Å². The van der Waals surface area contributed by atoms with E-state index in [1.54, 1.807) is 0 Å². The van der Waals surface area contributed by atoms with E-state index in [4.69, 9.17) is 16.3 Å². The summed E-state index contributed by atoms with van der Waals surface area (Å²) in [6, 6.07) is 9.11. The Morgan fingerprint density at radius 1 is 1.45 bits per heavy atom. The molecule has 2 fully saturated rings. The maximum atomic E-state index is 6.08. The summed E-state index contributed by atoms with van der Waals surface area (Å²) in [6.07, 6.45) is 5.62. The van der Waals surface area contributed by atoms with Gasteiger partial charge in [-0.05, 0) is 50.8 Å². The Kier molecular flexibility index (Phi) is 4.07. The van der Waals surface area contributed by atoms with E-state index in [1.807, 2.05) is 12.1 Å². The lowest BCUT2D eigenvalue weighted by atomic mass is 9.51. The first-order valence-corrected chi connectivity index (χ1v) is 8.16. The van der Waals surface area contributed by atoms with Crippen molar-refractivity contribution in [2.24, 2.45) is 5.41 Å². The smallest absolute Gasteiger partial charge is 0.0661 e. The highest BCUT2D eigenvalue weighted by Gasteiger charge is 2.58. The van der Waals surface area contributed by atoms with Crippen LogP contribution >= 0.6 is 11.6 Å². The summed E-state index contributed by atoms with van der Waals surface area (Å²) >= 11 is 6.08. The number of nitrogens with one attached hydrogen (secondary N) is 1. The number of hydrogen-bond acceptors (Lipinski definition) is 2. The van der Waals surface area contributed by atoms with Crippen molar-refractivity contribution in [1.29, 1.82) is 0 Å². The molecule has 0 radical (unpaired) electrons. The van der Waals surface area contributed by atoms with Crippen LogP contribution in [0.5, 0.6) is 0 Å². The molecular weight excluding hydrogens is 270 g/mol. The monoisotopic (exact) mass is 293 g/mol. The van der Waals surface area contributed by atoms with Crippen LogP contribution in [-0.4, -0.2) is 18.8 Å². The Bertz CT molecular complexity index is 472. The summed E-state index contributed by atoms with van der Waals surface area (Å²) in [4.78, 5) is 0. The molecule has 0 bridgehead atoms. The lowest BCUT2D eigenvalue weighted by Crippen LogP contribution is -2.67. The first kappa shape index (κ1) is 14.4. The molecule has 0 aromatic heterocycles. The molecule has 1 N–H and O–H groups in total. The Hall–Kier alpha value is -0.570. The highest BCUT2D eigenvalue weighted by atomic mass is 35.5. The number of rotatable bonds is 5. The van der Waals surface area contributed by atoms with Gasteiger partial charge in [0, 0.05) is 29.1 Å². The Balaban J connectivity index is 1.64. The van der Waals surface area contributed by atoms with Crippen LogP contribution in [-0.2, 0) is 4.74 Å². The lowest BCUT2D eigenvalue weighted by Gasteiger charge is -2.61. The molecule has 2 aliphatic rings. The molecule has 0 heterocycles. The van der Waals surface area contributed by atoms with E-state index >= 15 is 0 Å². The van der Waals surface area contributed by atoms with Crippen LogP contribution in [0.4, 0.5) is 0 Å². The second kappa shape index (κ2) is 5.67. The van der Waals surface area contributed by atoms with Crippen LogP contribution < -0.4 is 5.32 Å². The largest absolute Gasteiger partial charge is 0.378 e. The molecule has 2 nitrogen and oxygen atoms in total. The molecule has 2 aliphatic carbocycles. The predicted molar refractivity (Wildman–Crippen MR) is 83.1 cm³/mol. The SMILES string of the molecule is CCOC1CC(N[C@H](C)c2cccc(Cl)c2)C12CCC2. The van der Waals surface area contributed by atoms with E-state index in [2.05, 4.69) is 31.3 Å².